The molecule has 2 N–H and O–H groups in total. The van der Waals surface area contributed by atoms with Crippen molar-refractivity contribution in [2.75, 3.05) is 0 Å². The summed E-state index contributed by atoms with van der Waals surface area (Å²) < 4.78 is 10.5. The molecule has 98 valence electrons. The van der Waals surface area contributed by atoms with Crippen LogP contribution >= 0.6 is 0 Å². The molecular weight excluding hydrogens is 234 g/mol. The van der Waals surface area contributed by atoms with Gasteiger partial charge >= 0.3 is 6.09 Å². The molecule has 1 heterocycles. The predicted octanol–water partition coefficient (Wildman–Crippen LogP) is 2.07. The van der Waals surface area contributed by atoms with Gasteiger partial charge in [0.1, 0.15) is 6.10 Å². The van der Waals surface area contributed by atoms with E-state index in [0.29, 0.717) is 11.8 Å². The van der Waals surface area contributed by atoms with Crippen molar-refractivity contribution in [2.24, 2.45) is 5.73 Å². The van der Waals surface area contributed by atoms with Crippen molar-refractivity contribution in [2.45, 2.75) is 56.5 Å². The number of carbonyl (C=O) groups excluding carboxylic acids is 1. The van der Waals surface area contributed by atoms with Crippen molar-refractivity contribution in [3.63, 3.8) is 0 Å². The number of carbonyl (C=O) groups is 1. The Bertz CT molecular complexity index is 442. The van der Waals surface area contributed by atoms with Crippen molar-refractivity contribution < 1.29 is 14.1 Å². The molecule has 0 aliphatic heterocycles. The Morgan fingerprint density at radius 1 is 1.28 bits per heavy atom. The number of nitrogens with zero attached hydrogens (tertiary/aromatic N) is 2. The van der Waals surface area contributed by atoms with E-state index in [9.17, 15) is 4.79 Å². The van der Waals surface area contributed by atoms with E-state index in [1.165, 1.54) is 0 Å². The zero-order valence-electron chi connectivity index (χ0n) is 10.2. The molecule has 6 heteroatoms. The summed E-state index contributed by atoms with van der Waals surface area (Å²) >= 11 is 0. The quantitative estimate of drug-likeness (QED) is 0.887. The van der Waals surface area contributed by atoms with Crippen molar-refractivity contribution >= 4 is 6.09 Å². The topological polar surface area (TPSA) is 91.2 Å². The van der Waals surface area contributed by atoms with Crippen LogP contribution in [0.4, 0.5) is 4.79 Å². The summed E-state index contributed by atoms with van der Waals surface area (Å²) in [6.07, 6.45) is 5.19. The molecule has 1 aromatic heterocycles. The van der Waals surface area contributed by atoms with E-state index in [0.717, 1.165) is 44.3 Å². The first-order chi connectivity index (χ1) is 8.74. The first kappa shape index (κ1) is 11.5. The molecule has 0 spiro atoms. The van der Waals surface area contributed by atoms with Gasteiger partial charge in [0.05, 0.1) is 5.92 Å². The van der Waals surface area contributed by atoms with Crippen LogP contribution in [0.2, 0.25) is 0 Å². The highest BCUT2D eigenvalue weighted by Gasteiger charge is 2.35. The third-order valence-electron chi connectivity index (χ3n) is 3.69. The minimum absolute atomic E-state index is 0.00579. The lowest BCUT2D eigenvalue weighted by atomic mass is 9.86. The number of nitrogens with two attached hydrogens (primary N) is 1. The zero-order chi connectivity index (χ0) is 12.5. The van der Waals surface area contributed by atoms with E-state index >= 15 is 0 Å². The molecule has 2 atom stereocenters. The molecule has 2 fully saturated rings. The van der Waals surface area contributed by atoms with Crippen LogP contribution in [0, 0.1) is 0 Å². The first-order valence-corrected chi connectivity index (χ1v) is 6.53. The lowest BCUT2D eigenvalue weighted by Crippen LogP contribution is -2.31. The van der Waals surface area contributed by atoms with Gasteiger partial charge in [0.15, 0.2) is 5.82 Å². The number of aromatic nitrogens is 2. The summed E-state index contributed by atoms with van der Waals surface area (Å²) in [5.41, 5.74) is 5.10. The van der Waals surface area contributed by atoms with Gasteiger partial charge < -0.3 is 15.0 Å². The second-order valence-corrected chi connectivity index (χ2v) is 5.13. The molecule has 2 unspecified atom stereocenters. The van der Waals surface area contributed by atoms with Crippen LogP contribution in [-0.4, -0.2) is 22.3 Å². The van der Waals surface area contributed by atoms with Crippen LogP contribution in [0.15, 0.2) is 4.52 Å². The Kier molecular flexibility index (Phi) is 2.93. The Morgan fingerprint density at radius 2 is 2.06 bits per heavy atom. The van der Waals surface area contributed by atoms with Gasteiger partial charge in [-0.15, -0.1) is 0 Å². The molecule has 6 nitrogen and oxygen atoms in total. The van der Waals surface area contributed by atoms with Crippen LogP contribution in [0.1, 0.15) is 62.1 Å². The van der Waals surface area contributed by atoms with E-state index in [1.807, 2.05) is 0 Å². The summed E-state index contributed by atoms with van der Waals surface area (Å²) in [6, 6.07) is 0. The minimum Gasteiger partial charge on any atom is -0.446 e. The van der Waals surface area contributed by atoms with Crippen LogP contribution in [-0.2, 0) is 4.74 Å². The maximum absolute atomic E-state index is 10.9. The maximum Gasteiger partial charge on any atom is 0.404 e. The van der Waals surface area contributed by atoms with Gasteiger partial charge in [0.25, 0.3) is 0 Å². The highest BCUT2D eigenvalue weighted by atomic mass is 16.6. The van der Waals surface area contributed by atoms with Crippen LogP contribution < -0.4 is 5.73 Å². The normalized spacial score (nSPS) is 28.0. The van der Waals surface area contributed by atoms with Crippen molar-refractivity contribution in [1.29, 1.82) is 0 Å². The molecule has 2 aliphatic carbocycles. The van der Waals surface area contributed by atoms with E-state index in [-0.39, 0.29) is 12.0 Å². The fourth-order valence-electron chi connectivity index (χ4n) is 2.57. The fourth-order valence-corrected chi connectivity index (χ4v) is 2.57. The van der Waals surface area contributed by atoms with Crippen molar-refractivity contribution in [1.82, 2.24) is 10.1 Å². The molecule has 2 aliphatic rings. The van der Waals surface area contributed by atoms with Gasteiger partial charge in [-0.05, 0) is 32.1 Å². The lowest BCUT2D eigenvalue weighted by Gasteiger charge is -2.27. The second-order valence-electron chi connectivity index (χ2n) is 5.13. The SMILES string of the molecule is NC(=O)OC1CCCCC1c1nc(C2CC2)no1. The molecule has 2 saturated carbocycles. The van der Waals surface area contributed by atoms with Crippen LogP contribution in [0.5, 0.6) is 0 Å². The van der Waals surface area contributed by atoms with Gasteiger partial charge in [0.2, 0.25) is 5.89 Å². The van der Waals surface area contributed by atoms with E-state index in [4.69, 9.17) is 15.0 Å². The Morgan fingerprint density at radius 3 is 2.78 bits per heavy atom. The van der Waals surface area contributed by atoms with Gasteiger partial charge in [-0.2, -0.15) is 4.98 Å². The van der Waals surface area contributed by atoms with Gasteiger partial charge in [-0.3, -0.25) is 0 Å². The number of hydrogen-bond donors (Lipinski definition) is 1. The fraction of sp³-hybridized carbons (Fsp3) is 0.750. The monoisotopic (exact) mass is 251 g/mol. The van der Waals surface area contributed by atoms with Crippen LogP contribution in [0.3, 0.4) is 0 Å². The van der Waals surface area contributed by atoms with Gasteiger partial charge in [-0.25, -0.2) is 4.79 Å². The molecular formula is C12H17N3O3. The lowest BCUT2D eigenvalue weighted by molar-refractivity contribution is 0.0588. The number of primary amides is 1. The van der Waals surface area contributed by atoms with E-state index < -0.39 is 6.09 Å². The summed E-state index contributed by atoms with van der Waals surface area (Å²) in [4.78, 5) is 15.3. The molecule has 0 aromatic carbocycles. The number of amides is 1. The Hall–Kier alpha value is -1.59. The predicted molar refractivity (Wildman–Crippen MR) is 61.9 cm³/mol. The molecule has 0 bridgehead atoms. The van der Waals surface area contributed by atoms with Crippen molar-refractivity contribution in [3.8, 4) is 0 Å². The standard InChI is InChI=1S/C12H17N3O3/c13-12(16)17-9-4-2-1-3-8(9)11-14-10(15-18-11)7-5-6-7/h7-9H,1-6H2,(H2,13,16). The number of rotatable bonds is 3. The number of ether oxygens (including phenoxy) is 1. The third kappa shape index (κ3) is 2.32. The highest BCUT2D eigenvalue weighted by molar-refractivity contribution is 5.64. The summed E-state index contributed by atoms with van der Waals surface area (Å²) in [5, 5.41) is 4.01. The van der Waals surface area contributed by atoms with Gasteiger partial charge in [-0.1, -0.05) is 11.6 Å². The average molecular weight is 251 g/mol. The van der Waals surface area contributed by atoms with Crippen LogP contribution in [0.25, 0.3) is 0 Å². The van der Waals surface area contributed by atoms with E-state index in [2.05, 4.69) is 10.1 Å². The Labute approximate surface area is 105 Å². The molecule has 0 radical (unpaired) electrons. The summed E-state index contributed by atoms with van der Waals surface area (Å²) in [5.74, 6) is 1.88. The smallest absolute Gasteiger partial charge is 0.404 e. The maximum atomic E-state index is 10.9. The molecule has 3 rings (SSSR count). The third-order valence-corrected chi connectivity index (χ3v) is 3.69. The zero-order valence-corrected chi connectivity index (χ0v) is 10.2. The number of hydrogen-bond acceptors (Lipinski definition) is 5. The highest BCUT2D eigenvalue weighted by Crippen LogP contribution is 2.40. The average Bonchev–Trinajstić information content (AvgIpc) is 3.08. The minimum atomic E-state index is -0.728. The second kappa shape index (κ2) is 4.59. The largest absolute Gasteiger partial charge is 0.446 e. The summed E-state index contributed by atoms with van der Waals surface area (Å²) in [7, 11) is 0. The van der Waals surface area contributed by atoms with E-state index in [1.54, 1.807) is 0 Å². The molecule has 1 aromatic rings. The molecule has 0 saturated heterocycles. The summed E-state index contributed by atoms with van der Waals surface area (Å²) in [6.45, 7) is 0. The van der Waals surface area contributed by atoms with Gasteiger partial charge in [0, 0.05) is 5.92 Å². The van der Waals surface area contributed by atoms with Crippen molar-refractivity contribution in [3.05, 3.63) is 11.7 Å². The molecule has 1 amide bonds. The first-order valence-electron chi connectivity index (χ1n) is 6.53. The Balaban J connectivity index is 1.75. The molecule has 18 heavy (non-hydrogen) atoms.